The van der Waals surface area contributed by atoms with Crippen LogP contribution < -0.4 is 18.9 Å². The van der Waals surface area contributed by atoms with E-state index in [-0.39, 0.29) is 18.9 Å². The van der Waals surface area contributed by atoms with E-state index in [1.54, 1.807) is 0 Å². The van der Waals surface area contributed by atoms with E-state index in [0.29, 0.717) is 6.04 Å². The summed E-state index contributed by atoms with van der Waals surface area (Å²) in [5.74, 6) is 0. The van der Waals surface area contributed by atoms with E-state index in [1.165, 1.54) is 25.9 Å². The number of nitrogens with zero attached hydrogens (tertiary/aromatic N) is 1. The van der Waals surface area contributed by atoms with Gasteiger partial charge in [0.25, 0.3) is 0 Å². The second kappa shape index (κ2) is 6.97. The monoisotopic (exact) mass is 163 g/mol. The van der Waals surface area contributed by atoms with Crippen LogP contribution in [0.2, 0.25) is 0 Å². The minimum atomic E-state index is 0. The van der Waals surface area contributed by atoms with Crippen LogP contribution in [0, 0.1) is 6.61 Å². The summed E-state index contributed by atoms with van der Waals surface area (Å²) in [6, 6.07) is 0.498. The van der Waals surface area contributed by atoms with Crippen molar-refractivity contribution in [2.75, 3.05) is 19.7 Å². The predicted octanol–water partition coefficient (Wildman–Crippen LogP) is -1.33. The fourth-order valence-corrected chi connectivity index (χ4v) is 1.47. The van der Waals surface area contributed by atoms with E-state index in [0.717, 1.165) is 6.61 Å². The van der Waals surface area contributed by atoms with Crippen LogP contribution in [0.4, 0.5) is 0 Å². The molecule has 0 amide bonds. The molecule has 1 aliphatic heterocycles. The van der Waals surface area contributed by atoms with Crippen molar-refractivity contribution in [3.05, 3.63) is 6.61 Å². The molecule has 1 aliphatic rings. The van der Waals surface area contributed by atoms with E-state index < -0.39 is 0 Å². The summed E-state index contributed by atoms with van der Waals surface area (Å²) < 4.78 is 5.24. The fourth-order valence-electron chi connectivity index (χ4n) is 1.47. The zero-order chi connectivity index (χ0) is 8.10. The molecular formula is C9H18LiNO. The zero-order valence-corrected chi connectivity index (χ0v) is 8.55. The molecule has 1 rings (SSSR count). The minimum Gasteiger partial charge on any atom is -0.551 e. The van der Waals surface area contributed by atoms with Crippen LogP contribution >= 0.6 is 0 Å². The number of hydrogen-bond donors (Lipinski definition) is 0. The number of hydrogen-bond acceptors (Lipinski definition) is 2. The molecule has 0 saturated carbocycles. The topological polar surface area (TPSA) is 12.5 Å². The third kappa shape index (κ3) is 3.96. The molecular weight excluding hydrogens is 145 g/mol. The Bertz CT molecular complexity index is 105. The minimum absolute atomic E-state index is 0. The van der Waals surface area contributed by atoms with Crippen molar-refractivity contribution < 1.29 is 23.6 Å². The van der Waals surface area contributed by atoms with Gasteiger partial charge in [0.2, 0.25) is 0 Å². The molecule has 0 aliphatic carbocycles. The Morgan fingerprint density at radius 2 is 2.00 bits per heavy atom. The Labute approximate surface area is 87.8 Å². The Morgan fingerprint density at radius 1 is 1.42 bits per heavy atom. The zero-order valence-electron chi connectivity index (χ0n) is 8.55. The molecule has 66 valence electrons. The summed E-state index contributed by atoms with van der Waals surface area (Å²) >= 11 is 0. The van der Waals surface area contributed by atoms with Gasteiger partial charge < -0.3 is 9.64 Å². The molecule has 1 atom stereocenters. The van der Waals surface area contributed by atoms with Crippen molar-refractivity contribution in [2.24, 2.45) is 0 Å². The molecule has 1 fully saturated rings. The molecule has 0 bridgehead atoms. The van der Waals surface area contributed by atoms with Gasteiger partial charge >= 0.3 is 18.9 Å². The second-order valence-electron chi connectivity index (χ2n) is 3.08. The Kier molecular flexibility index (Phi) is 7.27. The van der Waals surface area contributed by atoms with E-state index in [4.69, 9.17) is 4.74 Å². The average molecular weight is 163 g/mol. The number of likely N-dealkylation sites (tertiary alicyclic amines) is 1. The van der Waals surface area contributed by atoms with Gasteiger partial charge in [-0.05, 0) is 32.9 Å². The first-order valence-corrected chi connectivity index (χ1v) is 4.53. The third-order valence-corrected chi connectivity index (χ3v) is 2.18. The normalized spacial score (nSPS) is 20.5. The molecule has 2 nitrogen and oxygen atoms in total. The Balaban J connectivity index is 0.00000121. The van der Waals surface area contributed by atoms with Crippen LogP contribution in [0.15, 0.2) is 0 Å². The molecule has 1 saturated heterocycles. The molecule has 0 aromatic heterocycles. The van der Waals surface area contributed by atoms with Crippen molar-refractivity contribution in [2.45, 2.75) is 32.7 Å². The SMILES string of the molecule is CCO[CH-]C(C)N1CCCC1.[Li+]. The first kappa shape index (κ1) is 12.5. The van der Waals surface area contributed by atoms with Crippen LogP contribution in [0.5, 0.6) is 0 Å². The molecule has 0 aromatic rings. The predicted molar refractivity (Wildman–Crippen MR) is 46.2 cm³/mol. The van der Waals surface area contributed by atoms with Crippen molar-refractivity contribution in [3.63, 3.8) is 0 Å². The van der Waals surface area contributed by atoms with E-state index in [9.17, 15) is 0 Å². The Morgan fingerprint density at radius 3 is 2.50 bits per heavy atom. The van der Waals surface area contributed by atoms with Gasteiger partial charge in [0.05, 0.1) is 0 Å². The summed E-state index contributed by atoms with van der Waals surface area (Å²) in [4.78, 5) is 2.45. The van der Waals surface area contributed by atoms with Gasteiger partial charge in [-0.3, -0.25) is 0 Å². The van der Waals surface area contributed by atoms with Crippen LogP contribution in [0.25, 0.3) is 0 Å². The summed E-state index contributed by atoms with van der Waals surface area (Å²) in [5, 5.41) is 0. The smallest absolute Gasteiger partial charge is 0.551 e. The van der Waals surface area contributed by atoms with Gasteiger partial charge in [-0.15, -0.1) is 0 Å². The molecule has 0 spiro atoms. The maximum atomic E-state index is 5.24. The molecule has 1 unspecified atom stereocenters. The van der Waals surface area contributed by atoms with Gasteiger partial charge in [0.1, 0.15) is 0 Å². The van der Waals surface area contributed by atoms with Gasteiger partial charge in [0, 0.05) is 6.61 Å². The maximum absolute atomic E-state index is 5.24. The molecule has 1 heterocycles. The second-order valence-corrected chi connectivity index (χ2v) is 3.08. The molecule has 0 aromatic carbocycles. The average Bonchev–Trinajstić information content (AvgIpc) is 2.52. The maximum Gasteiger partial charge on any atom is 1.00 e. The van der Waals surface area contributed by atoms with Crippen LogP contribution in [-0.2, 0) is 4.74 Å². The summed E-state index contributed by atoms with van der Waals surface area (Å²) in [5.41, 5.74) is 0. The summed E-state index contributed by atoms with van der Waals surface area (Å²) in [6.45, 7) is 9.44. The standard InChI is InChI=1S/C9H18NO.Li/c1-3-11-8-9(2)10-6-4-5-7-10;/h8-9H,3-7H2,1-2H3;/q-1;+1. The summed E-state index contributed by atoms with van der Waals surface area (Å²) in [7, 11) is 0. The Hall–Kier alpha value is 0.517. The van der Waals surface area contributed by atoms with Crippen molar-refractivity contribution in [1.82, 2.24) is 4.90 Å². The van der Waals surface area contributed by atoms with Gasteiger partial charge in [-0.1, -0.05) is 13.0 Å². The third-order valence-electron chi connectivity index (χ3n) is 2.18. The number of ether oxygens (including phenoxy) is 1. The largest absolute Gasteiger partial charge is 1.00 e. The van der Waals surface area contributed by atoms with Crippen molar-refractivity contribution >= 4 is 0 Å². The van der Waals surface area contributed by atoms with Crippen LogP contribution in [-0.4, -0.2) is 30.6 Å². The summed E-state index contributed by atoms with van der Waals surface area (Å²) in [6.07, 6.45) is 2.70. The fraction of sp³-hybridized carbons (Fsp3) is 0.889. The number of rotatable bonds is 4. The van der Waals surface area contributed by atoms with Gasteiger partial charge in [-0.2, -0.15) is 6.61 Å². The van der Waals surface area contributed by atoms with Crippen LogP contribution in [0.3, 0.4) is 0 Å². The van der Waals surface area contributed by atoms with Crippen molar-refractivity contribution in [1.29, 1.82) is 0 Å². The van der Waals surface area contributed by atoms with Gasteiger partial charge in [-0.25, -0.2) is 0 Å². The quantitative estimate of drug-likeness (QED) is 0.376. The van der Waals surface area contributed by atoms with E-state index in [1.807, 2.05) is 13.5 Å². The molecule has 0 N–H and O–H groups in total. The van der Waals surface area contributed by atoms with Gasteiger partial charge in [0.15, 0.2) is 0 Å². The first-order valence-electron chi connectivity index (χ1n) is 4.53. The molecule has 0 radical (unpaired) electrons. The first-order chi connectivity index (χ1) is 5.34. The van der Waals surface area contributed by atoms with E-state index in [2.05, 4.69) is 11.8 Å². The molecule has 3 heteroatoms. The van der Waals surface area contributed by atoms with Crippen LogP contribution in [0.1, 0.15) is 26.7 Å². The van der Waals surface area contributed by atoms with E-state index >= 15 is 0 Å². The molecule has 12 heavy (non-hydrogen) atoms. The van der Waals surface area contributed by atoms with Crippen molar-refractivity contribution in [3.8, 4) is 0 Å².